The molecule has 0 spiro atoms. The van der Waals surface area contributed by atoms with Gasteiger partial charge in [-0.1, -0.05) is 13.3 Å². The van der Waals surface area contributed by atoms with Crippen LogP contribution in [0.15, 0.2) is 17.0 Å². The summed E-state index contributed by atoms with van der Waals surface area (Å²) < 4.78 is 26.7. The maximum absolute atomic E-state index is 12.1. The first-order chi connectivity index (χ1) is 7.88. The highest BCUT2D eigenvalue weighted by atomic mass is 32.2. The van der Waals surface area contributed by atoms with Crippen LogP contribution in [0.1, 0.15) is 30.9 Å². The largest absolute Gasteiger partial charge is 0.399 e. The number of nitrogens with two attached hydrogens (primary N) is 1. The number of anilines is 1. The molecular weight excluding hydrogens is 236 g/mol. The third-order valence-corrected chi connectivity index (χ3v) is 4.34. The van der Waals surface area contributed by atoms with E-state index in [4.69, 9.17) is 5.73 Å². The van der Waals surface area contributed by atoms with Gasteiger partial charge >= 0.3 is 0 Å². The second kappa shape index (κ2) is 5.51. The zero-order chi connectivity index (χ0) is 13.1. The summed E-state index contributed by atoms with van der Waals surface area (Å²) in [6.07, 6.45) is 1.79. The number of rotatable bonds is 5. The van der Waals surface area contributed by atoms with Crippen LogP contribution in [0.4, 0.5) is 5.69 Å². The molecular formula is C12H20N2O2S. The lowest BCUT2D eigenvalue weighted by molar-refractivity contribution is 0.577. The monoisotopic (exact) mass is 256 g/mol. The summed E-state index contributed by atoms with van der Waals surface area (Å²) in [5.41, 5.74) is 7.81. The number of nitrogens with one attached hydrogen (secondary N) is 1. The van der Waals surface area contributed by atoms with Gasteiger partial charge in [0, 0.05) is 12.2 Å². The summed E-state index contributed by atoms with van der Waals surface area (Å²) in [7, 11) is -3.44. The molecule has 0 fully saturated rings. The molecule has 3 N–H and O–H groups in total. The minimum Gasteiger partial charge on any atom is -0.399 e. The van der Waals surface area contributed by atoms with Crippen molar-refractivity contribution < 1.29 is 8.42 Å². The Balaban J connectivity index is 3.06. The molecule has 0 bridgehead atoms. The van der Waals surface area contributed by atoms with E-state index in [0.29, 0.717) is 12.2 Å². The summed E-state index contributed by atoms with van der Waals surface area (Å²) in [6.45, 7) is 6.14. The fourth-order valence-corrected chi connectivity index (χ4v) is 3.02. The molecule has 0 saturated carbocycles. The Morgan fingerprint density at radius 3 is 2.53 bits per heavy atom. The lowest BCUT2D eigenvalue weighted by Gasteiger charge is -2.12. The highest BCUT2D eigenvalue weighted by Crippen LogP contribution is 2.22. The van der Waals surface area contributed by atoms with Gasteiger partial charge in [0.05, 0.1) is 4.90 Å². The Labute approximate surface area is 103 Å². The molecule has 0 aliphatic rings. The fourth-order valence-electron chi connectivity index (χ4n) is 1.59. The van der Waals surface area contributed by atoms with E-state index >= 15 is 0 Å². The maximum Gasteiger partial charge on any atom is 0.240 e. The van der Waals surface area contributed by atoms with Crippen molar-refractivity contribution in [1.29, 1.82) is 0 Å². The molecule has 0 saturated heterocycles. The van der Waals surface area contributed by atoms with Crippen LogP contribution >= 0.6 is 0 Å². The van der Waals surface area contributed by atoms with Gasteiger partial charge in [-0.25, -0.2) is 13.1 Å². The summed E-state index contributed by atoms with van der Waals surface area (Å²) >= 11 is 0. The quantitative estimate of drug-likeness (QED) is 0.625. The van der Waals surface area contributed by atoms with Crippen molar-refractivity contribution in [2.45, 2.75) is 38.5 Å². The summed E-state index contributed by atoms with van der Waals surface area (Å²) in [4.78, 5) is 0.283. The van der Waals surface area contributed by atoms with E-state index in [0.717, 1.165) is 24.0 Å². The Kier molecular flexibility index (Phi) is 4.54. The average molecular weight is 256 g/mol. The number of hydrogen-bond donors (Lipinski definition) is 2. The van der Waals surface area contributed by atoms with Crippen molar-refractivity contribution >= 4 is 15.7 Å². The molecule has 0 atom stereocenters. The predicted octanol–water partition coefficient (Wildman–Crippen LogP) is 1.96. The molecule has 0 heterocycles. The minimum absolute atomic E-state index is 0.283. The van der Waals surface area contributed by atoms with Gasteiger partial charge in [-0.15, -0.1) is 0 Å². The zero-order valence-electron chi connectivity index (χ0n) is 10.6. The lowest BCUT2D eigenvalue weighted by Crippen LogP contribution is -2.25. The Morgan fingerprint density at radius 1 is 1.29 bits per heavy atom. The van der Waals surface area contributed by atoms with Crippen LogP contribution in [0.25, 0.3) is 0 Å². The minimum atomic E-state index is -3.44. The molecule has 96 valence electrons. The zero-order valence-corrected chi connectivity index (χ0v) is 11.4. The third kappa shape index (κ3) is 3.44. The Hall–Kier alpha value is -1.07. The van der Waals surface area contributed by atoms with E-state index in [1.807, 2.05) is 13.8 Å². The normalized spacial score (nSPS) is 11.7. The molecule has 1 aromatic rings. The average Bonchev–Trinajstić information content (AvgIpc) is 2.23. The fraction of sp³-hybridized carbons (Fsp3) is 0.500. The Bertz CT molecular complexity index is 495. The van der Waals surface area contributed by atoms with Gasteiger partial charge in [-0.2, -0.15) is 0 Å². The van der Waals surface area contributed by atoms with Crippen molar-refractivity contribution in [1.82, 2.24) is 4.72 Å². The van der Waals surface area contributed by atoms with Gasteiger partial charge in [0.25, 0.3) is 0 Å². The molecule has 1 aromatic carbocycles. The smallest absolute Gasteiger partial charge is 0.240 e. The van der Waals surface area contributed by atoms with Crippen LogP contribution in [0.2, 0.25) is 0 Å². The van der Waals surface area contributed by atoms with E-state index in [9.17, 15) is 8.42 Å². The highest BCUT2D eigenvalue weighted by Gasteiger charge is 2.17. The predicted molar refractivity (Wildman–Crippen MR) is 70.4 cm³/mol. The van der Waals surface area contributed by atoms with Crippen LogP contribution < -0.4 is 10.5 Å². The van der Waals surface area contributed by atoms with Gasteiger partial charge in [0.1, 0.15) is 0 Å². The number of hydrogen-bond acceptors (Lipinski definition) is 3. The maximum atomic E-state index is 12.1. The van der Waals surface area contributed by atoms with Crippen molar-refractivity contribution in [3.05, 3.63) is 23.3 Å². The number of sulfonamides is 1. The van der Waals surface area contributed by atoms with Gasteiger partial charge in [-0.3, -0.25) is 0 Å². The van der Waals surface area contributed by atoms with Gasteiger partial charge in [-0.05, 0) is 43.5 Å². The van der Waals surface area contributed by atoms with Gasteiger partial charge in [0.15, 0.2) is 0 Å². The summed E-state index contributed by atoms with van der Waals surface area (Å²) in [5.74, 6) is 0. The number of aryl methyl sites for hydroxylation is 1. The second-order valence-corrected chi connectivity index (χ2v) is 5.95. The number of benzene rings is 1. The molecule has 1 rings (SSSR count). The Morgan fingerprint density at radius 2 is 1.94 bits per heavy atom. The van der Waals surface area contributed by atoms with Gasteiger partial charge < -0.3 is 5.73 Å². The second-order valence-electron chi connectivity index (χ2n) is 4.21. The molecule has 0 aliphatic heterocycles. The van der Waals surface area contributed by atoms with Crippen molar-refractivity contribution in [2.75, 3.05) is 12.3 Å². The standard InChI is InChI=1S/C12H20N2O2S/c1-4-5-6-14-17(15,16)12-8-11(13)7-9(2)10(12)3/h7-8,14H,4-6,13H2,1-3H3. The summed E-state index contributed by atoms with van der Waals surface area (Å²) in [6, 6.07) is 3.29. The first-order valence-electron chi connectivity index (χ1n) is 5.75. The van der Waals surface area contributed by atoms with Crippen LogP contribution in [0.3, 0.4) is 0 Å². The molecule has 5 heteroatoms. The summed E-state index contributed by atoms with van der Waals surface area (Å²) in [5, 5.41) is 0. The molecule has 0 amide bonds. The SMILES string of the molecule is CCCCNS(=O)(=O)c1cc(N)cc(C)c1C. The van der Waals surface area contributed by atoms with E-state index in [1.54, 1.807) is 13.0 Å². The lowest BCUT2D eigenvalue weighted by atomic mass is 10.1. The third-order valence-electron chi connectivity index (χ3n) is 2.75. The molecule has 0 unspecified atom stereocenters. The van der Waals surface area contributed by atoms with E-state index in [2.05, 4.69) is 4.72 Å². The van der Waals surface area contributed by atoms with Crippen molar-refractivity contribution in [3.63, 3.8) is 0 Å². The topological polar surface area (TPSA) is 72.2 Å². The van der Waals surface area contributed by atoms with Gasteiger partial charge in [0.2, 0.25) is 10.0 Å². The van der Waals surface area contributed by atoms with Crippen LogP contribution in [0.5, 0.6) is 0 Å². The van der Waals surface area contributed by atoms with Crippen LogP contribution in [-0.2, 0) is 10.0 Å². The number of unbranched alkanes of at least 4 members (excludes halogenated alkanes) is 1. The molecule has 0 aliphatic carbocycles. The first kappa shape index (κ1) is 14.0. The van der Waals surface area contributed by atoms with Crippen LogP contribution in [-0.4, -0.2) is 15.0 Å². The highest BCUT2D eigenvalue weighted by molar-refractivity contribution is 7.89. The molecule has 0 aromatic heterocycles. The van der Waals surface area contributed by atoms with Crippen molar-refractivity contribution in [3.8, 4) is 0 Å². The molecule has 17 heavy (non-hydrogen) atoms. The molecule has 4 nitrogen and oxygen atoms in total. The first-order valence-corrected chi connectivity index (χ1v) is 7.23. The number of nitrogen functional groups attached to an aromatic ring is 1. The van der Waals surface area contributed by atoms with Crippen molar-refractivity contribution in [2.24, 2.45) is 0 Å². The van der Waals surface area contributed by atoms with E-state index < -0.39 is 10.0 Å². The van der Waals surface area contributed by atoms with Crippen LogP contribution in [0, 0.1) is 13.8 Å². The van der Waals surface area contributed by atoms with E-state index in [1.165, 1.54) is 6.07 Å². The molecule has 0 radical (unpaired) electrons. The van der Waals surface area contributed by atoms with E-state index in [-0.39, 0.29) is 4.90 Å².